The van der Waals surface area contributed by atoms with Crippen LogP contribution in [0.3, 0.4) is 0 Å². The van der Waals surface area contributed by atoms with Crippen LogP contribution in [0.1, 0.15) is 0 Å². The van der Waals surface area contributed by atoms with Gasteiger partial charge in [0.05, 0.1) is 10.9 Å². The fourth-order valence-corrected chi connectivity index (χ4v) is 4.20. The van der Waals surface area contributed by atoms with Gasteiger partial charge >= 0.3 is 10.4 Å². The maximum atomic E-state index is 9.49. The SMILES string of the molecule is O=S(=O)(O)O.Oc1ccc([S+](c2ccc(O)cc2)c2ccc(O)cc2)cc1. The second-order valence-electron chi connectivity index (χ2n) is 5.24. The van der Waals surface area contributed by atoms with Crippen molar-refractivity contribution in [3.63, 3.8) is 0 Å². The average molecular weight is 409 g/mol. The van der Waals surface area contributed by atoms with Crippen LogP contribution in [0.5, 0.6) is 17.2 Å². The van der Waals surface area contributed by atoms with E-state index in [9.17, 15) is 15.3 Å². The molecule has 0 fully saturated rings. The van der Waals surface area contributed by atoms with Crippen molar-refractivity contribution in [2.24, 2.45) is 0 Å². The van der Waals surface area contributed by atoms with Crippen LogP contribution in [-0.2, 0) is 21.3 Å². The molecule has 3 rings (SSSR count). The molecule has 0 atom stereocenters. The molecule has 5 N–H and O–H groups in total. The smallest absolute Gasteiger partial charge is 0.394 e. The molecule has 27 heavy (non-hydrogen) atoms. The second kappa shape index (κ2) is 8.78. The van der Waals surface area contributed by atoms with Crippen LogP contribution < -0.4 is 0 Å². The molecular weight excluding hydrogens is 392 g/mol. The number of aromatic hydroxyl groups is 3. The number of rotatable bonds is 3. The van der Waals surface area contributed by atoms with E-state index >= 15 is 0 Å². The maximum Gasteiger partial charge on any atom is 0.394 e. The van der Waals surface area contributed by atoms with Gasteiger partial charge in [0, 0.05) is 0 Å². The third kappa shape index (κ3) is 6.83. The number of phenolic OH excluding ortho intramolecular Hbond substituents is 3. The molecule has 0 radical (unpaired) electrons. The summed E-state index contributed by atoms with van der Waals surface area (Å²) < 4.78 is 31.6. The van der Waals surface area contributed by atoms with E-state index in [1.165, 1.54) is 0 Å². The van der Waals surface area contributed by atoms with Gasteiger partial charge in [0.15, 0.2) is 14.7 Å². The molecule has 0 bridgehead atoms. The van der Waals surface area contributed by atoms with E-state index in [4.69, 9.17) is 17.5 Å². The normalized spacial score (nSPS) is 10.9. The summed E-state index contributed by atoms with van der Waals surface area (Å²) in [4.78, 5) is 3.15. The van der Waals surface area contributed by atoms with Crippen molar-refractivity contribution in [1.82, 2.24) is 0 Å². The van der Waals surface area contributed by atoms with Gasteiger partial charge in [-0.25, -0.2) is 0 Å². The first-order valence-electron chi connectivity index (χ1n) is 7.45. The van der Waals surface area contributed by atoms with Crippen LogP contribution in [0.4, 0.5) is 0 Å². The van der Waals surface area contributed by atoms with Crippen molar-refractivity contribution in [2.45, 2.75) is 14.7 Å². The van der Waals surface area contributed by atoms with Crippen LogP contribution in [0, 0.1) is 0 Å². The van der Waals surface area contributed by atoms with E-state index in [0.717, 1.165) is 14.7 Å². The lowest BCUT2D eigenvalue weighted by atomic mass is 10.3. The maximum absolute atomic E-state index is 9.49. The third-order valence-corrected chi connectivity index (χ3v) is 5.45. The third-order valence-electron chi connectivity index (χ3n) is 3.22. The molecule has 3 aromatic carbocycles. The highest BCUT2D eigenvalue weighted by atomic mass is 32.3. The van der Waals surface area contributed by atoms with Crippen molar-refractivity contribution in [3.8, 4) is 17.2 Å². The first-order valence-corrected chi connectivity index (χ1v) is 10.1. The highest BCUT2D eigenvalue weighted by Gasteiger charge is 2.28. The zero-order valence-electron chi connectivity index (χ0n) is 13.8. The Hall–Kier alpha value is -2.72. The molecule has 3 aromatic rings. The van der Waals surface area contributed by atoms with Crippen LogP contribution in [0.15, 0.2) is 87.5 Å². The molecule has 0 aromatic heterocycles. The summed E-state index contributed by atoms with van der Waals surface area (Å²) in [6.07, 6.45) is 0. The number of phenols is 3. The number of hydrogen-bond acceptors (Lipinski definition) is 5. The van der Waals surface area contributed by atoms with Crippen LogP contribution in [0.25, 0.3) is 0 Å². The van der Waals surface area contributed by atoms with Crippen LogP contribution in [-0.4, -0.2) is 32.8 Å². The molecular formula is C18H17O7S2+. The Labute approximate surface area is 159 Å². The van der Waals surface area contributed by atoms with Gasteiger partial charge in [-0.1, -0.05) is 0 Å². The largest absolute Gasteiger partial charge is 0.508 e. The standard InChI is InChI=1S/C18H14O3S.H2O4S/c19-13-1-7-16(8-2-13)22(17-9-3-14(20)4-10-17)18-11-5-15(21)6-12-18;1-5(2,3)4/h1-12H,(H2-,19,20,21);(H2,1,2,3,4)/p+1. The zero-order valence-corrected chi connectivity index (χ0v) is 15.4. The molecule has 0 aliphatic heterocycles. The van der Waals surface area contributed by atoms with Gasteiger partial charge in [0.1, 0.15) is 17.2 Å². The Balaban J connectivity index is 0.000000465. The fraction of sp³-hybridized carbons (Fsp3) is 0. The lowest BCUT2D eigenvalue weighted by Gasteiger charge is -2.08. The average Bonchev–Trinajstić information content (AvgIpc) is 2.59. The van der Waals surface area contributed by atoms with E-state index < -0.39 is 10.4 Å². The lowest BCUT2D eigenvalue weighted by molar-refractivity contribution is 0.381. The quantitative estimate of drug-likeness (QED) is 0.331. The van der Waals surface area contributed by atoms with Crippen molar-refractivity contribution in [1.29, 1.82) is 0 Å². The summed E-state index contributed by atoms with van der Waals surface area (Å²) >= 11 is 0. The molecule has 142 valence electrons. The lowest BCUT2D eigenvalue weighted by Crippen LogP contribution is -2.04. The molecule has 0 amide bonds. The van der Waals surface area contributed by atoms with Gasteiger partial charge in [-0.2, -0.15) is 8.42 Å². The fourth-order valence-electron chi connectivity index (χ4n) is 2.15. The Kier molecular flexibility index (Phi) is 6.70. The molecule has 0 spiro atoms. The number of hydrogen-bond donors (Lipinski definition) is 5. The topological polar surface area (TPSA) is 135 Å². The minimum absolute atomic E-state index is 0.226. The Bertz CT molecular complexity index is 852. The van der Waals surface area contributed by atoms with Gasteiger partial charge in [-0.05, 0) is 72.8 Å². The van der Waals surface area contributed by atoms with Crippen molar-refractivity contribution in [3.05, 3.63) is 72.8 Å². The van der Waals surface area contributed by atoms with E-state index in [1.807, 2.05) is 36.4 Å². The molecule has 0 heterocycles. The Morgan fingerprint density at radius 1 is 0.519 bits per heavy atom. The predicted octanol–water partition coefficient (Wildman–Crippen LogP) is 3.25. The number of benzene rings is 3. The highest BCUT2D eigenvalue weighted by molar-refractivity contribution is 7.97. The molecule has 0 unspecified atom stereocenters. The molecule has 7 nitrogen and oxygen atoms in total. The van der Waals surface area contributed by atoms with E-state index in [1.54, 1.807) is 36.4 Å². The van der Waals surface area contributed by atoms with Crippen LogP contribution in [0.2, 0.25) is 0 Å². The van der Waals surface area contributed by atoms with Crippen molar-refractivity contribution >= 4 is 21.3 Å². The summed E-state index contributed by atoms with van der Waals surface area (Å²) in [5.74, 6) is 0.677. The summed E-state index contributed by atoms with van der Waals surface area (Å²) in [7, 11) is -5.04. The van der Waals surface area contributed by atoms with E-state index in [2.05, 4.69) is 0 Å². The summed E-state index contributed by atoms with van der Waals surface area (Å²) in [5, 5.41) is 28.5. The Morgan fingerprint density at radius 2 is 0.704 bits per heavy atom. The van der Waals surface area contributed by atoms with Crippen molar-refractivity contribution < 1.29 is 32.8 Å². The summed E-state index contributed by atoms with van der Waals surface area (Å²) in [5.41, 5.74) is 0. The Morgan fingerprint density at radius 3 is 0.889 bits per heavy atom. The first-order chi connectivity index (χ1) is 12.6. The molecule has 0 saturated carbocycles. The van der Waals surface area contributed by atoms with Gasteiger partial charge in [-0.3, -0.25) is 9.11 Å². The zero-order chi connectivity index (χ0) is 20.0. The van der Waals surface area contributed by atoms with E-state index in [-0.39, 0.29) is 28.1 Å². The molecule has 0 aliphatic carbocycles. The molecule has 0 aliphatic rings. The van der Waals surface area contributed by atoms with Gasteiger partial charge in [0.2, 0.25) is 0 Å². The van der Waals surface area contributed by atoms with Gasteiger partial charge < -0.3 is 15.3 Å². The molecule has 0 saturated heterocycles. The molecule has 9 heteroatoms. The van der Waals surface area contributed by atoms with Crippen molar-refractivity contribution in [2.75, 3.05) is 0 Å². The first kappa shape index (κ1) is 20.6. The highest BCUT2D eigenvalue weighted by Crippen LogP contribution is 2.33. The van der Waals surface area contributed by atoms with Gasteiger partial charge in [-0.15, -0.1) is 0 Å². The monoisotopic (exact) mass is 409 g/mol. The predicted molar refractivity (Wildman–Crippen MR) is 101 cm³/mol. The summed E-state index contributed by atoms with van der Waals surface area (Å²) in [6, 6.07) is 21.3. The van der Waals surface area contributed by atoms with E-state index in [0.29, 0.717) is 0 Å². The van der Waals surface area contributed by atoms with Crippen LogP contribution >= 0.6 is 0 Å². The van der Waals surface area contributed by atoms with Gasteiger partial charge in [0.25, 0.3) is 0 Å². The summed E-state index contributed by atoms with van der Waals surface area (Å²) in [6.45, 7) is 0. The minimum atomic E-state index is -4.67. The minimum Gasteiger partial charge on any atom is -0.508 e. The second-order valence-corrected chi connectivity index (χ2v) is 8.16.